The van der Waals surface area contributed by atoms with Crippen LogP contribution in [-0.4, -0.2) is 46.7 Å². The lowest BCUT2D eigenvalue weighted by Crippen LogP contribution is -2.42. The zero-order valence-corrected chi connectivity index (χ0v) is 14.9. The molecule has 3 heterocycles. The normalized spacial score (nSPS) is 19.4. The minimum Gasteiger partial charge on any atom is -0.303 e. The minimum absolute atomic E-state index is 0. The van der Waals surface area contributed by atoms with Crippen LogP contribution in [0.25, 0.3) is 11.3 Å². The molecular weight excluding hydrogens is 390 g/mol. The number of likely N-dealkylation sites (N-methyl/N-ethyl adjacent to an activating group) is 1. The zero-order chi connectivity index (χ0) is 18.9. The molecule has 2 atom stereocenters. The first kappa shape index (κ1) is 21.0. The Labute approximate surface area is 158 Å². The van der Waals surface area contributed by atoms with Gasteiger partial charge in [-0.3, -0.25) is 14.7 Å². The van der Waals surface area contributed by atoms with Crippen molar-refractivity contribution in [1.82, 2.24) is 20.3 Å². The molecule has 1 aliphatic heterocycles. The second-order valence-corrected chi connectivity index (χ2v) is 5.88. The molecule has 11 heteroatoms. The van der Waals surface area contributed by atoms with E-state index >= 15 is 0 Å². The summed E-state index contributed by atoms with van der Waals surface area (Å²) in [5.41, 5.74) is -0.333. The van der Waals surface area contributed by atoms with Crippen LogP contribution >= 0.6 is 12.4 Å². The topological polar surface area (TPSA) is 71.0 Å². The Morgan fingerprint density at radius 2 is 2.00 bits per heavy atom. The van der Waals surface area contributed by atoms with Crippen LogP contribution in [-0.2, 0) is 11.0 Å². The summed E-state index contributed by atoms with van der Waals surface area (Å²) in [6.45, 7) is 0.122. The van der Waals surface area contributed by atoms with Gasteiger partial charge in [0.15, 0.2) is 0 Å². The highest BCUT2D eigenvalue weighted by Crippen LogP contribution is 2.29. The number of halogens is 5. The van der Waals surface area contributed by atoms with Crippen LogP contribution in [0.4, 0.5) is 23.4 Å². The van der Waals surface area contributed by atoms with Crippen LogP contribution in [0.1, 0.15) is 12.1 Å². The molecule has 27 heavy (non-hydrogen) atoms. The number of alkyl halides is 4. The molecule has 0 aliphatic carbocycles. The lowest BCUT2D eigenvalue weighted by atomic mass is 10.1. The number of nitrogens with zero attached hydrogens (tertiary/aromatic N) is 4. The average Bonchev–Trinajstić information content (AvgIpc) is 3.06. The van der Waals surface area contributed by atoms with E-state index in [9.17, 15) is 22.4 Å². The Kier molecular flexibility index (Phi) is 6.32. The standard InChI is InChI=1S/C16H15F4N5O.ClH/c1-25(15(26)12-4-10(17)7-21-12)14-5-11(23-8-24-14)9-2-3-13(22-6-9)16(18,19)20;/h2-3,5-6,8,10,12,21H,4,7H2,1H3;1H/t10-,12+;/m1./s1. The maximum atomic E-state index is 13.3. The van der Waals surface area contributed by atoms with E-state index in [0.717, 1.165) is 12.3 Å². The van der Waals surface area contributed by atoms with E-state index in [1.807, 2.05) is 0 Å². The average molecular weight is 406 g/mol. The van der Waals surface area contributed by atoms with Crippen molar-refractivity contribution in [3.05, 3.63) is 36.4 Å². The lowest BCUT2D eigenvalue weighted by Gasteiger charge is -2.20. The third-order valence-corrected chi connectivity index (χ3v) is 4.05. The second kappa shape index (κ2) is 8.13. The summed E-state index contributed by atoms with van der Waals surface area (Å²) in [5, 5.41) is 2.80. The van der Waals surface area contributed by atoms with Crippen molar-refractivity contribution in [2.45, 2.75) is 24.8 Å². The highest BCUT2D eigenvalue weighted by molar-refractivity contribution is 5.96. The fourth-order valence-corrected chi connectivity index (χ4v) is 2.63. The van der Waals surface area contributed by atoms with Gasteiger partial charge < -0.3 is 5.32 Å². The highest BCUT2D eigenvalue weighted by Gasteiger charge is 2.33. The van der Waals surface area contributed by atoms with Gasteiger partial charge >= 0.3 is 6.18 Å². The van der Waals surface area contributed by atoms with Crippen LogP contribution in [0.5, 0.6) is 0 Å². The third kappa shape index (κ3) is 4.69. The van der Waals surface area contributed by atoms with E-state index in [2.05, 4.69) is 20.3 Å². The molecule has 146 valence electrons. The van der Waals surface area contributed by atoms with Crippen molar-refractivity contribution in [1.29, 1.82) is 0 Å². The summed E-state index contributed by atoms with van der Waals surface area (Å²) in [6.07, 6.45) is -3.25. The van der Waals surface area contributed by atoms with Gasteiger partial charge in [-0.15, -0.1) is 12.4 Å². The fraction of sp³-hybridized carbons (Fsp3) is 0.375. The first-order valence-corrected chi connectivity index (χ1v) is 7.76. The van der Waals surface area contributed by atoms with Crippen molar-refractivity contribution < 1.29 is 22.4 Å². The van der Waals surface area contributed by atoms with E-state index in [-0.39, 0.29) is 37.1 Å². The molecule has 0 unspecified atom stereocenters. The molecule has 3 rings (SSSR count). The second-order valence-electron chi connectivity index (χ2n) is 5.88. The van der Waals surface area contributed by atoms with Gasteiger partial charge in [0.2, 0.25) is 5.91 Å². The molecule has 0 radical (unpaired) electrons. The highest BCUT2D eigenvalue weighted by atomic mass is 35.5. The predicted octanol–water partition coefficient (Wildman–Crippen LogP) is 2.64. The first-order valence-electron chi connectivity index (χ1n) is 7.76. The number of anilines is 1. The van der Waals surface area contributed by atoms with Crippen LogP contribution in [0.15, 0.2) is 30.7 Å². The van der Waals surface area contributed by atoms with Crippen LogP contribution in [0.2, 0.25) is 0 Å². The van der Waals surface area contributed by atoms with Gasteiger partial charge in [-0.2, -0.15) is 13.2 Å². The molecule has 0 aromatic carbocycles. The van der Waals surface area contributed by atoms with E-state index in [4.69, 9.17) is 0 Å². The quantitative estimate of drug-likeness (QED) is 0.795. The van der Waals surface area contributed by atoms with Crippen molar-refractivity contribution in [2.75, 3.05) is 18.5 Å². The number of carbonyl (C=O) groups excluding carboxylic acids is 1. The summed E-state index contributed by atoms with van der Waals surface area (Å²) in [6, 6.07) is 2.93. The third-order valence-electron chi connectivity index (χ3n) is 4.05. The van der Waals surface area contributed by atoms with Crippen molar-refractivity contribution in [3.8, 4) is 11.3 Å². The van der Waals surface area contributed by atoms with Crippen LogP contribution in [0.3, 0.4) is 0 Å². The molecule has 2 aromatic heterocycles. The minimum atomic E-state index is -4.52. The lowest BCUT2D eigenvalue weighted by molar-refractivity contribution is -0.141. The summed E-state index contributed by atoms with van der Waals surface area (Å²) < 4.78 is 51.0. The smallest absolute Gasteiger partial charge is 0.303 e. The molecule has 0 spiro atoms. The molecule has 0 bridgehead atoms. The summed E-state index contributed by atoms with van der Waals surface area (Å²) in [7, 11) is 1.49. The maximum Gasteiger partial charge on any atom is 0.433 e. The molecule has 1 N–H and O–H groups in total. The number of hydrogen-bond donors (Lipinski definition) is 1. The largest absolute Gasteiger partial charge is 0.433 e. The number of rotatable bonds is 3. The van der Waals surface area contributed by atoms with Crippen LogP contribution in [0, 0.1) is 0 Å². The fourth-order valence-electron chi connectivity index (χ4n) is 2.63. The van der Waals surface area contributed by atoms with Crippen molar-refractivity contribution in [2.24, 2.45) is 0 Å². The monoisotopic (exact) mass is 405 g/mol. The Morgan fingerprint density at radius 3 is 2.56 bits per heavy atom. The summed E-state index contributed by atoms with van der Waals surface area (Å²) in [4.78, 5) is 25.1. The van der Waals surface area contributed by atoms with Gasteiger partial charge in [0.05, 0.1) is 11.7 Å². The Morgan fingerprint density at radius 1 is 1.26 bits per heavy atom. The number of carbonyl (C=O) groups is 1. The molecule has 2 aromatic rings. The molecule has 1 fully saturated rings. The van der Waals surface area contributed by atoms with Gasteiger partial charge in [-0.25, -0.2) is 14.4 Å². The molecule has 1 amide bonds. The summed E-state index contributed by atoms with van der Waals surface area (Å²) in [5.74, 6) is -0.0932. The van der Waals surface area contributed by atoms with Crippen molar-refractivity contribution >= 4 is 24.1 Å². The maximum absolute atomic E-state index is 13.3. The van der Waals surface area contributed by atoms with Crippen molar-refractivity contribution in [3.63, 3.8) is 0 Å². The zero-order valence-electron chi connectivity index (χ0n) is 14.1. The first-order chi connectivity index (χ1) is 12.3. The number of amides is 1. The van der Waals surface area contributed by atoms with E-state index in [1.54, 1.807) is 0 Å². The molecule has 6 nitrogen and oxygen atoms in total. The van der Waals surface area contributed by atoms with Gasteiger partial charge in [0, 0.05) is 37.8 Å². The predicted molar refractivity (Wildman–Crippen MR) is 92.2 cm³/mol. The number of nitrogens with one attached hydrogen (secondary N) is 1. The van der Waals surface area contributed by atoms with E-state index in [1.165, 1.54) is 30.4 Å². The Bertz CT molecular complexity index is 802. The van der Waals surface area contributed by atoms with Gasteiger partial charge in [0.25, 0.3) is 0 Å². The number of aromatic nitrogens is 3. The molecular formula is C16H16ClF4N5O. The van der Waals surface area contributed by atoms with Gasteiger partial charge in [-0.05, 0) is 12.1 Å². The van der Waals surface area contributed by atoms with E-state index in [0.29, 0.717) is 11.3 Å². The number of hydrogen-bond acceptors (Lipinski definition) is 5. The SMILES string of the molecule is CN(C(=O)[C@@H]1C[C@@H](F)CN1)c1cc(-c2ccc(C(F)(F)F)nc2)ncn1.Cl. The molecule has 0 saturated carbocycles. The Balaban J connectivity index is 0.00000261. The van der Waals surface area contributed by atoms with Gasteiger partial charge in [-0.1, -0.05) is 0 Å². The molecule has 1 aliphatic rings. The number of pyridine rings is 1. The summed E-state index contributed by atoms with van der Waals surface area (Å²) >= 11 is 0. The van der Waals surface area contributed by atoms with Gasteiger partial charge in [0.1, 0.15) is 24.0 Å². The van der Waals surface area contributed by atoms with E-state index < -0.39 is 24.1 Å². The Hall–Kier alpha value is -2.33. The van der Waals surface area contributed by atoms with Crippen LogP contribution < -0.4 is 10.2 Å². The molecule has 1 saturated heterocycles.